The van der Waals surface area contributed by atoms with Crippen LogP contribution in [0.3, 0.4) is 0 Å². The highest BCUT2D eigenvalue weighted by Crippen LogP contribution is 2.24. The number of phenolic OH excluding ortho intramolecular Hbond substituents is 1. The van der Waals surface area contributed by atoms with Crippen molar-refractivity contribution in [3.8, 4) is 5.75 Å². The summed E-state index contributed by atoms with van der Waals surface area (Å²) in [6.07, 6.45) is 0. The summed E-state index contributed by atoms with van der Waals surface area (Å²) < 4.78 is 12.6. The van der Waals surface area contributed by atoms with Gasteiger partial charge in [-0.2, -0.15) is 0 Å². The zero-order valence-electron chi connectivity index (χ0n) is 5.71. The number of carbonyl (C=O) groups is 1. The van der Waals surface area contributed by atoms with Gasteiger partial charge in [-0.25, -0.2) is 9.18 Å². The van der Waals surface area contributed by atoms with Crippen molar-refractivity contribution in [1.29, 1.82) is 0 Å². The van der Waals surface area contributed by atoms with Gasteiger partial charge in [-0.15, -0.1) is 0 Å². The van der Waals surface area contributed by atoms with Gasteiger partial charge >= 0.3 is 5.97 Å². The number of rotatable bonds is 1. The fraction of sp³-hybridized carbons (Fsp3) is 0. The molecule has 0 radical (unpaired) electrons. The summed E-state index contributed by atoms with van der Waals surface area (Å²) in [7, 11) is 0. The molecule has 1 aromatic carbocycles. The Morgan fingerprint density at radius 1 is 1.50 bits per heavy atom. The lowest BCUT2D eigenvalue weighted by molar-refractivity contribution is 0.0696. The third kappa shape index (κ3) is 1.48. The first-order valence-electron chi connectivity index (χ1n) is 2.93. The minimum Gasteiger partial charge on any atom is -0.508 e. The smallest absolute Gasteiger partial charge is 0.337 e. The van der Waals surface area contributed by atoms with E-state index in [0.717, 1.165) is 12.1 Å². The summed E-state index contributed by atoms with van der Waals surface area (Å²) in [5, 5.41) is 16.8. The van der Waals surface area contributed by atoms with Crippen LogP contribution in [0, 0.1) is 5.82 Å². The van der Waals surface area contributed by atoms with E-state index in [2.05, 4.69) is 0 Å². The molecule has 0 aliphatic heterocycles. The van der Waals surface area contributed by atoms with Crippen LogP contribution >= 0.6 is 11.6 Å². The second kappa shape index (κ2) is 2.98. The van der Waals surface area contributed by atoms with E-state index in [1.165, 1.54) is 0 Å². The van der Waals surface area contributed by atoms with Crippen LogP contribution in [0.2, 0.25) is 5.02 Å². The summed E-state index contributed by atoms with van der Waals surface area (Å²) in [5.41, 5.74) is -0.450. The molecule has 0 fully saturated rings. The van der Waals surface area contributed by atoms with Crippen molar-refractivity contribution in [1.82, 2.24) is 0 Å². The zero-order chi connectivity index (χ0) is 9.30. The van der Waals surface area contributed by atoms with Crippen LogP contribution in [0.1, 0.15) is 10.4 Å². The van der Waals surface area contributed by atoms with Gasteiger partial charge in [-0.05, 0) is 6.07 Å². The number of carboxylic acids is 1. The van der Waals surface area contributed by atoms with Gasteiger partial charge in [0.05, 0.1) is 10.6 Å². The van der Waals surface area contributed by atoms with Gasteiger partial charge in [0.1, 0.15) is 11.6 Å². The second-order valence-corrected chi connectivity index (χ2v) is 2.47. The van der Waals surface area contributed by atoms with Gasteiger partial charge < -0.3 is 10.2 Å². The van der Waals surface area contributed by atoms with Gasteiger partial charge in [0.25, 0.3) is 0 Å². The Labute approximate surface area is 72.0 Å². The van der Waals surface area contributed by atoms with Crippen LogP contribution in [0.25, 0.3) is 0 Å². The Kier molecular flexibility index (Phi) is 2.19. The molecule has 0 aromatic heterocycles. The molecule has 0 aliphatic rings. The lowest BCUT2D eigenvalue weighted by Crippen LogP contribution is -1.98. The number of benzene rings is 1. The largest absolute Gasteiger partial charge is 0.508 e. The van der Waals surface area contributed by atoms with Crippen molar-refractivity contribution < 1.29 is 19.4 Å². The highest BCUT2D eigenvalue weighted by molar-refractivity contribution is 6.33. The van der Waals surface area contributed by atoms with E-state index in [9.17, 15) is 9.18 Å². The molecule has 2 N–H and O–H groups in total. The van der Waals surface area contributed by atoms with Crippen molar-refractivity contribution >= 4 is 17.6 Å². The predicted octanol–water partition coefficient (Wildman–Crippen LogP) is 1.88. The Morgan fingerprint density at radius 2 is 2.08 bits per heavy atom. The molecule has 1 aromatic rings. The minimum atomic E-state index is -1.38. The molecule has 3 nitrogen and oxygen atoms in total. The van der Waals surface area contributed by atoms with Gasteiger partial charge in [-0.1, -0.05) is 11.6 Å². The SMILES string of the molecule is O=C(O)c1cc(O)cc(F)c1Cl. The quantitative estimate of drug-likeness (QED) is 0.711. The number of aromatic hydroxyl groups is 1. The maximum Gasteiger partial charge on any atom is 0.337 e. The monoisotopic (exact) mass is 190 g/mol. The molecule has 0 bridgehead atoms. The highest BCUT2D eigenvalue weighted by Gasteiger charge is 2.13. The van der Waals surface area contributed by atoms with Crippen LogP contribution < -0.4 is 0 Å². The van der Waals surface area contributed by atoms with Crippen molar-refractivity contribution in [2.24, 2.45) is 0 Å². The maximum absolute atomic E-state index is 12.6. The van der Waals surface area contributed by atoms with E-state index < -0.39 is 28.1 Å². The standard InChI is InChI=1S/C7H4ClFO3/c8-6-4(7(11)12)1-3(10)2-5(6)9/h1-2,10H,(H,11,12). The lowest BCUT2D eigenvalue weighted by atomic mass is 10.2. The zero-order valence-corrected chi connectivity index (χ0v) is 6.47. The fourth-order valence-corrected chi connectivity index (χ4v) is 0.920. The number of hydrogen-bond donors (Lipinski definition) is 2. The normalized spacial score (nSPS) is 9.83. The molecular formula is C7H4ClFO3. The first-order chi connectivity index (χ1) is 5.52. The van der Waals surface area contributed by atoms with E-state index in [4.69, 9.17) is 21.8 Å². The van der Waals surface area contributed by atoms with Gasteiger partial charge in [0.15, 0.2) is 0 Å². The maximum atomic E-state index is 12.6. The molecular weight excluding hydrogens is 187 g/mol. The van der Waals surface area contributed by atoms with Crippen LogP contribution in [0.5, 0.6) is 5.75 Å². The first kappa shape index (κ1) is 8.80. The lowest BCUT2D eigenvalue weighted by Gasteiger charge is -2.00. The molecule has 0 aliphatic carbocycles. The van der Waals surface area contributed by atoms with Gasteiger partial charge in [0.2, 0.25) is 0 Å². The third-order valence-electron chi connectivity index (χ3n) is 1.24. The van der Waals surface area contributed by atoms with E-state index in [0.29, 0.717) is 0 Å². The number of halogens is 2. The van der Waals surface area contributed by atoms with Crippen molar-refractivity contribution in [3.63, 3.8) is 0 Å². The molecule has 0 spiro atoms. The molecule has 0 saturated carbocycles. The van der Waals surface area contributed by atoms with Crippen molar-refractivity contribution in [2.45, 2.75) is 0 Å². The molecule has 0 saturated heterocycles. The van der Waals surface area contributed by atoms with Gasteiger partial charge in [-0.3, -0.25) is 0 Å². The minimum absolute atomic E-state index is 0.450. The van der Waals surface area contributed by atoms with Gasteiger partial charge in [0, 0.05) is 6.07 Å². The third-order valence-corrected chi connectivity index (χ3v) is 1.63. The topological polar surface area (TPSA) is 57.5 Å². The summed E-state index contributed by atoms with van der Waals surface area (Å²) >= 11 is 5.29. The molecule has 0 unspecified atom stereocenters. The summed E-state index contributed by atoms with van der Waals surface area (Å²) in [6.45, 7) is 0. The van der Waals surface area contributed by atoms with E-state index in [-0.39, 0.29) is 0 Å². The van der Waals surface area contributed by atoms with E-state index >= 15 is 0 Å². The second-order valence-electron chi connectivity index (χ2n) is 2.09. The number of carboxylic acid groups (broad SMARTS) is 1. The van der Waals surface area contributed by atoms with E-state index in [1.54, 1.807) is 0 Å². The summed E-state index contributed by atoms with van der Waals surface area (Å²) in [6, 6.07) is 1.63. The van der Waals surface area contributed by atoms with E-state index in [1.807, 2.05) is 0 Å². The molecule has 0 amide bonds. The molecule has 12 heavy (non-hydrogen) atoms. The van der Waals surface area contributed by atoms with Crippen molar-refractivity contribution in [2.75, 3.05) is 0 Å². The van der Waals surface area contributed by atoms with Crippen LogP contribution in [0.4, 0.5) is 4.39 Å². The van der Waals surface area contributed by atoms with Crippen LogP contribution in [0.15, 0.2) is 12.1 Å². The van der Waals surface area contributed by atoms with Crippen LogP contribution in [-0.4, -0.2) is 16.2 Å². The Bertz CT molecular complexity index is 338. The average Bonchev–Trinajstić information content (AvgIpc) is 1.96. The highest BCUT2D eigenvalue weighted by atomic mass is 35.5. The first-order valence-corrected chi connectivity index (χ1v) is 3.31. The number of phenols is 1. The van der Waals surface area contributed by atoms with Crippen molar-refractivity contribution in [3.05, 3.63) is 28.5 Å². The Balaban J connectivity index is 3.37. The summed E-state index contributed by atoms with van der Waals surface area (Å²) in [4.78, 5) is 10.4. The fourth-order valence-electron chi connectivity index (χ4n) is 0.730. The number of aromatic carboxylic acids is 1. The summed E-state index contributed by atoms with van der Waals surface area (Å²) in [5.74, 6) is -2.79. The molecule has 1 rings (SSSR count). The molecule has 5 heteroatoms. The van der Waals surface area contributed by atoms with Crippen LogP contribution in [-0.2, 0) is 0 Å². The molecule has 0 atom stereocenters. The number of hydrogen-bond acceptors (Lipinski definition) is 2. The average molecular weight is 191 g/mol. The predicted molar refractivity (Wildman–Crippen MR) is 40.0 cm³/mol. The Morgan fingerprint density at radius 3 is 2.58 bits per heavy atom. The molecule has 64 valence electrons. The molecule has 0 heterocycles. The Hall–Kier alpha value is -1.29.